The van der Waals surface area contributed by atoms with Crippen molar-refractivity contribution in [2.45, 2.75) is 12.6 Å². The molecule has 0 fully saturated rings. The van der Waals surface area contributed by atoms with Crippen LogP contribution in [-0.4, -0.2) is 36.8 Å². The van der Waals surface area contributed by atoms with E-state index < -0.39 is 18.5 Å². The number of halogens is 3. The van der Waals surface area contributed by atoms with Crippen LogP contribution < -0.4 is 5.32 Å². The molecule has 1 N–H and O–H groups in total. The molecule has 0 bridgehead atoms. The van der Waals surface area contributed by atoms with E-state index in [0.29, 0.717) is 5.69 Å². The van der Waals surface area contributed by atoms with Crippen LogP contribution in [-0.2, 0) is 6.42 Å². The van der Waals surface area contributed by atoms with E-state index in [2.05, 4.69) is 25.4 Å². The highest BCUT2D eigenvalue weighted by molar-refractivity contribution is 7.09. The van der Waals surface area contributed by atoms with Crippen LogP contribution in [0.15, 0.2) is 36.2 Å². The van der Waals surface area contributed by atoms with Crippen LogP contribution in [0, 0.1) is 0 Å². The van der Waals surface area contributed by atoms with Crippen molar-refractivity contribution in [3.63, 3.8) is 0 Å². The third-order valence-electron chi connectivity index (χ3n) is 2.82. The van der Waals surface area contributed by atoms with Gasteiger partial charge in [-0.1, -0.05) is 0 Å². The van der Waals surface area contributed by atoms with E-state index in [1.54, 1.807) is 24.5 Å². The number of alkyl halides is 3. The normalized spacial score (nSPS) is 11.5. The summed E-state index contributed by atoms with van der Waals surface area (Å²) in [5.41, 5.74) is 0.511. The topological polar surface area (TPSA) is 85.6 Å². The summed E-state index contributed by atoms with van der Waals surface area (Å²) in [7, 11) is 0. The Balaban J connectivity index is 1.76. The molecule has 3 rings (SSSR count). The Bertz CT molecular complexity index is 845. The molecule has 124 valence electrons. The summed E-state index contributed by atoms with van der Waals surface area (Å²) >= 11 is 0.775. The maximum Gasteiger partial charge on any atom is 0.395 e. The molecule has 0 aliphatic heterocycles. The Hall–Kier alpha value is -2.82. The predicted octanol–water partition coefficient (Wildman–Crippen LogP) is 2.48. The molecule has 11 heteroatoms. The van der Waals surface area contributed by atoms with Crippen LogP contribution in [0.4, 0.5) is 19.1 Å². The summed E-state index contributed by atoms with van der Waals surface area (Å²) in [5.74, 6) is -0.542. The molecule has 0 atom stereocenters. The van der Waals surface area contributed by atoms with E-state index in [-0.39, 0.29) is 16.6 Å². The second-order valence-corrected chi connectivity index (χ2v) is 5.52. The Morgan fingerprint density at radius 2 is 2.04 bits per heavy atom. The third kappa shape index (κ3) is 3.74. The van der Waals surface area contributed by atoms with E-state index >= 15 is 0 Å². The average Bonchev–Trinajstić information content (AvgIpc) is 3.16. The monoisotopic (exact) mass is 354 g/mol. The van der Waals surface area contributed by atoms with Crippen molar-refractivity contribution >= 4 is 23.2 Å². The molecule has 3 aromatic rings. The van der Waals surface area contributed by atoms with Crippen LogP contribution in [0.25, 0.3) is 5.69 Å². The second-order valence-electron chi connectivity index (χ2n) is 4.57. The zero-order chi connectivity index (χ0) is 17.2. The van der Waals surface area contributed by atoms with Crippen molar-refractivity contribution < 1.29 is 18.0 Å². The molecule has 0 saturated carbocycles. The molecule has 3 aromatic heterocycles. The smallest absolute Gasteiger partial charge is 0.289 e. The van der Waals surface area contributed by atoms with E-state index in [1.807, 2.05) is 0 Å². The summed E-state index contributed by atoms with van der Waals surface area (Å²) in [6.07, 6.45) is -1.20. The maximum absolute atomic E-state index is 12.3. The summed E-state index contributed by atoms with van der Waals surface area (Å²) in [5, 5.41) is 7.55. The number of hydrogen-bond acceptors (Lipinski definition) is 6. The first-order valence-corrected chi connectivity index (χ1v) is 7.43. The maximum atomic E-state index is 12.3. The van der Waals surface area contributed by atoms with E-state index in [4.69, 9.17) is 0 Å². The molecule has 0 unspecified atom stereocenters. The standard InChI is InChI=1S/C13H9F3N6OS/c14-13(15,16)5-10-20-9(6-24-10)11(23)21-12-18-7-19-22(12)8-1-3-17-4-2-8/h1-4,6-7H,5H2,(H,18,19,21,23). The summed E-state index contributed by atoms with van der Waals surface area (Å²) in [6.45, 7) is 0. The van der Waals surface area contributed by atoms with Crippen molar-refractivity contribution in [2.24, 2.45) is 0 Å². The number of aromatic nitrogens is 5. The lowest BCUT2D eigenvalue weighted by atomic mass is 10.4. The molecule has 7 nitrogen and oxygen atoms in total. The van der Waals surface area contributed by atoms with Crippen molar-refractivity contribution in [2.75, 3.05) is 5.32 Å². The van der Waals surface area contributed by atoms with Gasteiger partial charge in [-0.15, -0.1) is 11.3 Å². The lowest BCUT2D eigenvalue weighted by molar-refractivity contribution is -0.127. The molecule has 0 saturated heterocycles. The number of hydrogen-bond donors (Lipinski definition) is 1. The van der Waals surface area contributed by atoms with Crippen molar-refractivity contribution in [3.8, 4) is 5.69 Å². The molecule has 24 heavy (non-hydrogen) atoms. The fraction of sp³-hybridized carbons (Fsp3) is 0.154. The fourth-order valence-electron chi connectivity index (χ4n) is 1.83. The van der Waals surface area contributed by atoms with Gasteiger partial charge in [-0.2, -0.15) is 27.9 Å². The van der Waals surface area contributed by atoms with Gasteiger partial charge in [0.25, 0.3) is 5.91 Å². The Morgan fingerprint density at radius 1 is 1.29 bits per heavy atom. The number of rotatable bonds is 4. The van der Waals surface area contributed by atoms with Gasteiger partial charge in [0.2, 0.25) is 5.95 Å². The number of anilines is 1. The molecule has 0 aliphatic carbocycles. The first kappa shape index (κ1) is 16.1. The Morgan fingerprint density at radius 3 is 2.75 bits per heavy atom. The van der Waals surface area contributed by atoms with E-state index in [9.17, 15) is 18.0 Å². The minimum Gasteiger partial charge on any atom is -0.289 e. The SMILES string of the molecule is O=C(Nc1ncnn1-c1ccncc1)c1csc(CC(F)(F)F)n1. The highest BCUT2D eigenvalue weighted by Gasteiger charge is 2.29. The van der Waals surface area contributed by atoms with Gasteiger partial charge in [0.1, 0.15) is 17.0 Å². The van der Waals surface area contributed by atoms with Gasteiger partial charge in [0, 0.05) is 17.8 Å². The van der Waals surface area contributed by atoms with E-state index in [1.165, 1.54) is 16.4 Å². The second kappa shape index (κ2) is 6.35. The molecule has 0 radical (unpaired) electrons. The number of carbonyl (C=O) groups excluding carboxylic acids is 1. The lowest BCUT2D eigenvalue weighted by Crippen LogP contribution is -2.17. The van der Waals surface area contributed by atoms with Gasteiger partial charge in [-0.05, 0) is 12.1 Å². The number of nitrogens with one attached hydrogen (secondary N) is 1. The number of pyridine rings is 1. The summed E-state index contributed by atoms with van der Waals surface area (Å²) in [6, 6.07) is 3.32. The number of amides is 1. The van der Waals surface area contributed by atoms with Crippen LogP contribution >= 0.6 is 11.3 Å². The predicted molar refractivity (Wildman–Crippen MR) is 79.0 cm³/mol. The van der Waals surface area contributed by atoms with Gasteiger partial charge in [-0.3, -0.25) is 15.1 Å². The van der Waals surface area contributed by atoms with Gasteiger partial charge in [0.15, 0.2) is 0 Å². The highest BCUT2D eigenvalue weighted by atomic mass is 32.1. The molecule has 0 spiro atoms. The quantitative estimate of drug-likeness (QED) is 0.778. The number of carbonyl (C=O) groups is 1. The Kier molecular flexibility index (Phi) is 4.25. The molecule has 0 aliphatic rings. The molecule has 0 aromatic carbocycles. The minimum atomic E-state index is -4.37. The average molecular weight is 354 g/mol. The van der Waals surface area contributed by atoms with Gasteiger partial charge in [-0.25, -0.2) is 4.98 Å². The van der Waals surface area contributed by atoms with Gasteiger partial charge in [0.05, 0.1) is 12.1 Å². The Labute approximate surface area is 137 Å². The van der Waals surface area contributed by atoms with Crippen molar-refractivity contribution in [3.05, 3.63) is 46.9 Å². The van der Waals surface area contributed by atoms with Gasteiger partial charge < -0.3 is 0 Å². The van der Waals surface area contributed by atoms with Crippen molar-refractivity contribution in [1.82, 2.24) is 24.7 Å². The lowest BCUT2D eigenvalue weighted by Gasteiger charge is -2.06. The zero-order valence-corrected chi connectivity index (χ0v) is 12.7. The summed E-state index contributed by atoms with van der Waals surface area (Å²) in [4.78, 5) is 23.6. The first-order chi connectivity index (χ1) is 11.4. The van der Waals surface area contributed by atoms with Crippen LogP contribution in [0.3, 0.4) is 0 Å². The largest absolute Gasteiger partial charge is 0.395 e. The van der Waals surface area contributed by atoms with E-state index in [0.717, 1.165) is 11.3 Å². The fourth-order valence-corrected chi connectivity index (χ4v) is 2.64. The first-order valence-electron chi connectivity index (χ1n) is 6.55. The zero-order valence-electron chi connectivity index (χ0n) is 11.9. The van der Waals surface area contributed by atoms with Gasteiger partial charge >= 0.3 is 6.18 Å². The van der Waals surface area contributed by atoms with Crippen LogP contribution in [0.5, 0.6) is 0 Å². The minimum absolute atomic E-state index is 0.108. The third-order valence-corrected chi connectivity index (χ3v) is 3.67. The number of nitrogens with zero attached hydrogens (tertiary/aromatic N) is 5. The highest BCUT2D eigenvalue weighted by Crippen LogP contribution is 2.23. The molecule has 3 heterocycles. The molecule has 1 amide bonds. The van der Waals surface area contributed by atoms with Crippen LogP contribution in [0.2, 0.25) is 0 Å². The number of thiazole rings is 1. The molecular weight excluding hydrogens is 345 g/mol. The van der Waals surface area contributed by atoms with Crippen molar-refractivity contribution in [1.29, 1.82) is 0 Å². The summed E-state index contributed by atoms with van der Waals surface area (Å²) < 4.78 is 38.4. The van der Waals surface area contributed by atoms with Crippen LogP contribution in [0.1, 0.15) is 15.5 Å². The molecular formula is C13H9F3N6OS.